The van der Waals surface area contributed by atoms with Crippen LogP contribution in [0.3, 0.4) is 0 Å². The maximum absolute atomic E-state index is 12.8. The molecule has 1 saturated heterocycles. The van der Waals surface area contributed by atoms with E-state index in [0.717, 1.165) is 56.9 Å². The van der Waals surface area contributed by atoms with Gasteiger partial charge in [0.15, 0.2) is 5.82 Å². The van der Waals surface area contributed by atoms with Crippen molar-refractivity contribution in [2.75, 3.05) is 36.4 Å². The van der Waals surface area contributed by atoms with Gasteiger partial charge in [0, 0.05) is 38.1 Å². The lowest BCUT2D eigenvalue weighted by Crippen LogP contribution is -2.45. The van der Waals surface area contributed by atoms with Crippen LogP contribution in [0.5, 0.6) is 0 Å². The van der Waals surface area contributed by atoms with Gasteiger partial charge in [-0.25, -0.2) is 0 Å². The summed E-state index contributed by atoms with van der Waals surface area (Å²) < 4.78 is 0. The van der Waals surface area contributed by atoms with Crippen molar-refractivity contribution in [1.29, 1.82) is 0 Å². The Morgan fingerprint density at radius 3 is 2.84 bits per heavy atom. The van der Waals surface area contributed by atoms with Crippen molar-refractivity contribution in [2.24, 2.45) is 0 Å². The fourth-order valence-corrected chi connectivity index (χ4v) is 3.79. The summed E-state index contributed by atoms with van der Waals surface area (Å²) in [6, 6.07) is 12.0. The number of rotatable bonds is 2. The van der Waals surface area contributed by atoms with Gasteiger partial charge in [0.25, 0.3) is 0 Å². The van der Waals surface area contributed by atoms with Crippen LogP contribution in [-0.4, -0.2) is 53.2 Å². The molecule has 0 spiro atoms. The highest BCUT2D eigenvalue weighted by molar-refractivity contribution is 5.96. The number of fused-ring (bicyclic) bond motifs is 1. The number of nitrogens with one attached hydrogen (secondary N) is 1. The van der Waals surface area contributed by atoms with Crippen molar-refractivity contribution >= 4 is 17.4 Å². The van der Waals surface area contributed by atoms with E-state index in [1.165, 1.54) is 5.56 Å². The zero-order valence-corrected chi connectivity index (χ0v) is 14.3. The molecule has 0 radical (unpaired) electrons. The van der Waals surface area contributed by atoms with Crippen LogP contribution in [0, 0.1) is 0 Å². The Morgan fingerprint density at radius 2 is 1.96 bits per heavy atom. The molecule has 1 aromatic carbocycles. The first kappa shape index (κ1) is 16.0. The van der Waals surface area contributed by atoms with Crippen LogP contribution in [0.2, 0.25) is 0 Å². The first-order valence-electron chi connectivity index (χ1n) is 8.97. The molecule has 130 valence electrons. The molecule has 2 aliphatic rings. The van der Waals surface area contributed by atoms with Crippen molar-refractivity contribution in [1.82, 2.24) is 15.1 Å². The summed E-state index contributed by atoms with van der Waals surface area (Å²) >= 11 is 0. The maximum Gasteiger partial charge on any atom is 0.241 e. The van der Waals surface area contributed by atoms with Crippen LogP contribution in [0.4, 0.5) is 11.5 Å². The second-order valence-corrected chi connectivity index (χ2v) is 6.66. The molecule has 25 heavy (non-hydrogen) atoms. The largest absolute Gasteiger partial charge is 0.354 e. The highest BCUT2D eigenvalue weighted by Gasteiger charge is 2.30. The molecule has 0 saturated carbocycles. The van der Waals surface area contributed by atoms with Crippen LogP contribution < -0.4 is 10.2 Å². The van der Waals surface area contributed by atoms with Gasteiger partial charge < -0.3 is 10.2 Å². The molecule has 1 fully saturated rings. The fraction of sp³-hybridized carbons (Fsp3) is 0.421. The van der Waals surface area contributed by atoms with Gasteiger partial charge in [0.2, 0.25) is 5.91 Å². The van der Waals surface area contributed by atoms with Crippen molar-refractivity contribution < 1.29 is 4.79 Å². The number of hydrogen-bond acceptors (Lipinski definition) is 5. The molecule has 2 aliphatic heterocycles. The van der Waals surface area contributed by atoms with Gasteiger partial charge in [-0.05, 0) is 43.0 Å². The molecule has 0 aliphatic carbocycles. The predicted molar refractivity (Wildman–Crippen MR) is 97.6 cm³/mol. The number of carbonyl (C=O) groups is 1. The Morgan fingerprint density at radius 1 is 1.04 bits per heavy atom. The maximum atomic E-state index is 12.8. The summed E-state index contributed by atoms with van der Waals surface area (Å²) in [5.74, 6) is 1.04. The number of aryl methyl sites for hydroxylation is 1. The average molecular weight is 337 g/mol. The Bertz CT molecular complexity index is 736. The minimum Gasteiger partial charge on any atom is -0.354 e. The molecule has 1 aromatic heterocycles. The summed E-state index contributed by atoms with van der Waals surface area (Å²) in [5.41, 5.74) is 2.19. The molecule has 6 nitrogen and oxygen atoms in total. The van der Waals surface area contributed by atoms with Crippen LogP contribution in [-0.2, 0) is 11.2 Å². The van der Waals surface area contributed by atoms with Crippen molar-refractivity contribution in [3.8, 4) is 0 Å². The molecule has 1 atom stereocenters. The van der Waals surface area contributed by atoms with Crippen LogP contribution in [0.1, 0.15) is 18.4 Å². The number of aromatic nitrogens is 2. The highest BCUT2D eigenvalue weighted by Crippen LogP contribution is 2.24. The third-order valence-electron chi connectivity index (χ3n) is 5.12. The molecule has 1 N–H and O–H groups in total. The second kappa shape index (κ2) is 7.19. The Hall–Kier alpha value is -2.47. The number of hydrogen-bond donors (Lipinski definition) is 1. The number of nitrogens with zero attached hydrogens (tertiary/aromatic N) is 4. The Kier molecular flexibility index (Phi) is 4.61. The smallest absolute Gasteiger partial charge is 0.241 e. The van der Waals surface area contributed by atoms with Gasteiger partial charge >= 0.3 is 0 Å². The van der Waals surface area contributed by atoms with Crippen LogP contribution in [0.25, 0.3) is 0 Å². The van der Waals surface area contributed by atoms with E-state index in [0.29, 0.717) is 0 Å². The lowest BCUT2D eigenvalue weighted by atomic mass is 10.0. The summed E-state index contributed by atoms with van der Waals surface area (Å²) in [7, 11) is 0. The van der Waals surface area contributed by atoms with Crippen molar-refractivity contribution in [2.45, 2.75) is 25.3 Å². The minimum atomic E-state index is -0.0609. The Labute approximate surface area is 147 Å². The third kappa shape index (κ3) is 3.49. The van der Waals surface area contributed by atoms with E-state index >= 15 is 0 Å². The predicted octanol–water partition coefficient (Wildman–Crippen LogP) is 1.94. The molecular weight excluding hydrogens is 314 g/mol. The summed E-state index contributed by atoms with van der Waals surface area (Å²) in [4.78, 5) is 17.3. The van der Waals surface area contributed by atoms with Crippen LogP contribution >= 0.6 is 0 Å². The normalized spacial score (nSPS) is 21.8. The number of amides is 1. The molecule has 2 aromatic rings. The van der Waals surface area contributed by atoms with Gasteiger partial charge in [-0.2, -0.15) is 5.10 Å². The molecule has 4 rings (SSSR count). The zero-order valence-electron chi connectivity index (χ0n) is 14.3. The number of carbonyl (C=O) groups excluding carboxylic acids is 1. The summed E-state index contributed by atoms with van der Waals surface area (Å²) in [6.07, 6.45) is 4.52. The highest BCUT2D eigenvalue weighted by atomic mass is 16.2. The minimum absolute atomic E-state index is 0.0609. The lowest BCUT2D eigenvalue weighted by molar-refractivity contribution is -0.121. The summed E-state index contributed by atoms with van der Waals surface area (Å²) in [6.45, 7) is 3.62. The fourth-order valence-electron chi connectivity index (χ4n) is 3.79. The SMILES string of the molecule is O=C1Nc2ccccc2CCC1N1CCCN(c2cccnn2)CC1. The Balaban J connectivity index is 1.45. The van der Waals surface area contributed by atoms with E-state index in [-0.39, 0.29) is 11.9 Å². The van der Waals surface area contributed by atoms with Gasteiger partial charge in [0.05, 0.1) is 6.04 Å². The first-order valence-corrected chi connectivity index (χ1v) is 8.97. The quantitative estimate of drug-likeness (QED) is 0.907. The molecule has 6 heteroatoms. The summed E-state index contributed by atoms with van der Waals surface area (Å²) in [5, 5.41) is 11.3. The van der Waals surface area contributed by atoms with E-state index in [4.69, 9.17) is 0 Å². The standard InChI is InChI=1S/C19H23N5O/c25-19-17(9-8-15-5-1-2-6-16(15)21-19)23-11-4-12-24(14-13-23)18-7-3-10-20-22-18/h1-3,5-7,10,17H,4,8-9,11-14H2,(H,21,25). The van der Waals surface area contributed by atoms with E-state index in [1.807, 2.05) is 30.3 Å². The average Bonchev–Trinajstić information content (AvgIpc) is 2.98. The first-order chi connectivity index (χ1) is 12.3. The molecule has 1 unspecified atom stereocenters. The van der Waals surface area contributed by atoms with E-state index in [9.17, 15) is 4.79 Å². The van der Waals surface area contributed by atoms with Gasteiger partial charge in [0.1, 0.15) is 0 Å². The number of benzene rings is 1. The molecule has 1 amide bonds. The lowest BCUT2D eigenvalue weighted by Gasteiger charge is -2.28. The monoisotopic (exact) mass is 337 g/mol. The van der Waals surface area contributed by atoms with Crippen molar-refractivity contribution in [3.63, 3.8) is 0 Å². The van der Waals surface area contributed by atoms with Crippen LogP contribution in [0.15, 0.2) is 42.6 Å². The van der Waals surface area contributed by atoms with E-state index < -0.39 is 0 Å². The van der Waals surface area contributed by atoms with Crippen molar-refractivity contribution in [3.05, 3.63) is 48.2 Å². The zero-order chi connectivity index (χ0) is 17.1. The molecular formula is C19H23N5O. The number of para-hydroxylation sites is 1. The van der Waals surface area contributed by atoms with Gasteiger partial charge in [-0.3, -0.25) is 9.69 Å². The topological polar surface area (TPSA) is 61.4 Å². The molecule has 0 bridgehead atoms. The van der Waals surface area contributed by atoms with Gasteiger partial charge in [-0.15, -0.1) is 5.10 Å². The van der Waals surface area contributed by atoms with E-state index in [2.05, 4.69) is 31.4 Å². The molecule has 3 heterocycles. The van der Waals surface area contributed by atoms with Gasteiger partial charge in [-0.1, -0.05) is 18.2 Å². The second-order valence-electron chi connectivity index (χ2n) is 6.66. The van der Waals surface area contributed by atoms with E-state index in [1.54, 1.807) is 6.20 Å². The third-order valence-corrected chi connectivity index (χ3v) is 5.12. The number of anilines is 2.